The fourth-order valence-corrected chi connectivity index (χ4v) is 12.5. The van der Waals surface area contributed by atoms with Gasteiger partial charge in [-0.15, -0.1) is 56.7 Å². The lowest BCUT2D eigenvalue weighted by molar-refractivity contribution is 0.573. The number of hydrogen-bond donors (Lipinski definition) is 5. The minimum absolute atomic E-state index is 0.109. The second-order valence-corrected chi connectivity index (χ2v) is 31.0. The first-order chi connectivity index (χ1) is 40.2. The van der Waals surface area contributed by atoms with Crippen LogP contribution in [0.25, 0.3) is 0 Å². The molecule has 5 aromatic heterocycles. The molecule has 10 aromatic rings. The van der Waals surface area contributed by atoms with Crippen LogP contribution in [0.3, 0.4) is 0 Å². The van der Waals surface area contributed by atoms with Crippen molar-refractivity contribution in [3.05, 3.63) is 204 Å². The zero-order valence-electron chi connectivity index (χ0n) is 54.6. The molecule has 5 aromatic carbocycles. The van der Waals surface area contributed by atoms with Crippen LogP contribution >= 0.6 is 56.7 Å². The highest BCUT2D eigenvalue weighted by atomic mass is 32.1. The Morgan fingerprint density at radius 1 is 0.279 bits per heavy atom. The van der Waals surface area contributed by atoms with E-state index in [1.165, 1.54) is 33.4 Å². The molecule has 0 aliphatic carbocycles. The van der Waals surface area contributed by atoms with Crippen molar-refractivity contribution >= 4 is 111 Å². The Kier molecular flexibility index (Phi) is 23.7. The van der Waals surface area contributed by atoms with Crippen molar-refractivity contribution in [3.63, 3.8) is 0 Å². The van der Waals surface area contributed by atoms with E-state index < -0.39 is 0 Å². The van der Waals surface area contributed by atoms with Crippen molar-refractivity contribution in [2.45, 2.75) is 172 Å². The molecule has 0 bridgehead atoms. The molecule has 456 valence electrons. The molecule has 0 atom stereocenters. The summed E-state index contributed by atoms with van der Waals surface area (Å²) in [6, 6.07) is 39.4. The van der Waals surface area contributed by atoms with Gasteiger partial charge >= 0.3 is 0 Å². The molecule has 0 amide bonds. The number of nitrogens with one attached hydrogen (secondary N) is 5. The van der Waals surface area contributed by atoms with Crippen molar-refractivity contribution < 1.29 is 0 Å². The third-order valence-electron chi connectivity index (χ3n) is 13.5. The largest absolute Gasteiger partial charge is 0.332 e. The molecule has 5 N–H and O–H groups in total. The van der Waals surface area contributed by atoms with Gasteiger partial charge in [-0.2, -0.15) is 0 Å². The van der Waals surface area contributed by atoms with Gasteiger partial charge in [0.05, 0.1) is 28.5 Å². The van der Waals surface area contributed by atoms with Crippen LogP contribution in [0.4, 0.5) is 54.1 Å². The minimum atomic E-state index is 0.109. The van der Waals surface area contributed by atoms with Gasteiger partial charge in [0.1, 0.15) is 0 Å². The molecule has 0 aliphatic rings. The molecule has 0 fully saturated rings. The van der Waals surface area contributed by atoms with Crippen molar-refractivity contribution in [3.8, 4) is 0 Å². The lowest BCUT2D eigenvalue weighted by atomic mass is 9.93. The number of aryl methyl sites for hydroxylation is 5. The number of nitrogens with zero attached hydrogens (tertiary/aromatic N) is 5. The van der Waals surface area contributed by atoms with Crippen molar-refractivity contribution in [1.29, 1.82) is 0 Å². The highest BCUT2D eigenvalue weighted by Crippen LogP contribution is 2.34. The number of benzene rings is 5. The average molecular weight is 1250 g/mol. The molecule has 0 saturated heterocycles. The zero-order chi connectivity index (χ0) is 63.2. The number of thiazole rings is 5. The normalized spacial score (nSPS) is 11.5. The van der Waals surface area contributed by atoms with Gasteiger partial charge in [0, 0.05) is 82.4 Å². The maximum atomic E-state index is 4.65. The summed E-state index contributed by atoms with van der Waals surface area (Å²) in [5.41, 5.74) is 19.4. The Bertz CT molecular complexity index is 3700. The van der Waals surface area contributed by atoms with Gasteiger partial charge < -0.3 is 26.6 Å². The van der Waals surface area contributed by atoms with E-state index in [0.29, 0.717) is 0 Å². The molecule has 5 heterocycles. The van der Waals surface area contributed by atoms with E-state index in [1.54, 1.807) is 56.7 Å². The Labute approximate surface area is 535 Å². The second-order valence-electron chi connectivity index (χ2n) is 26.7. The predicted molar refractivity (Wildman–Crippen MR) is 381 cm³/mol. The smallest absolute Gasteiger partial charge is 0.187 e. The Balaban J connectivity index is 0.000000172. The van der Waals surface area contributed by atoms with Crippen LogP contribution in [0.1, 0.15) is 166 Å². The van der Waals surface area contributed by atoms with Gasteiger partial charge in [-0.25, -0.2) is 24.9 Å². The van der Waals surface area contributed by atoms with Gasteiger partial charge in [-0.05, 0) is 112 Å². The van der Waals surface area contributed by atoms with Crippen LogP contribution < -0.4 is 26.6 Å². The quantitative estimate of drug-likeness (QED) is 0.0904. The molecule has 0 spiro atoms. The summed E-state index contributed by atoms with van der Waals surface area (Å²) >= 11 is 8.29. The van der Waals surface area contributed by atoms with Crippen LogP contribution in [0.15, 0.2) is 142 Å². The third-order valence-corrected chi connectivity index (χ3v) is 17.3. The molecule has 0 aliphatic heterocycles. The second kappa shape index (κ2) is 29.8. The average Bonchev–Trinajstić information content (AvgIpc) is 4.32. The Hall–Kier alpha value is -6.75. The van der Waals surface area contributed by atoms with Crippen molar-refractivity contribution in [2.24, 2.45) is 0 Å². The van der Waals surface area contributed by atoms with Crippen LogP contribution in [0.2, 0.25) is 0 Å². The van der Waals surface area contributed by atoms with E-state index >= 15 is 0 Å². The maximum Gasteiger partial charge on any atom is 0.187 e. The first-order valence-electron chi connectivity index (χ1n) is 29.2. The standard InChI is InChI=1S/2C15H20N2S.2C14H18N2S.C13H16N2S/c1-10-6-7-12(11(2)8-10)16-14-17-13(9-18-14)15(3,4)5;1-10-7-6-8-12(11(10)2)16-14-17-13(9-18-14)15(3,4)5;1-10-6-5-7-11(8-10)15-13-16-12(9-17-13)14(2,3)4;1-10-7-5-6-8-11(10)15-13-16-12(9-17-13)14(2,3)4;1-13(2,3)11-9-16-12(15-11)14-10-7-5-4-6-8-10/h2*6-9H,1-5H3,(H,16,17);2*5-9H,1-4H3,(H,15,16);4-9H,1-3H3,(H,14,15). The van der Waals surface area contributed by atoms with E-state index in [1.807, 2.05) is 42.5 Å². The number of hydrogen-bond acceptors (Lipinski definition) is 15. The number of para-hydroxylation sites is 2. The maximum absolute atomic E-state index is 4.65. The fraction of sp³-hybridized carbons (Fsp3) is 0.366. The van der Waals surface area contributed by atoms with Crippen molar-refractivity contribution in [1.82, 2.24) is 24.9 Å². The van der Waals surface area contributed by atoms with E-state index in [9.17, 15) is 0 Å². The van der Waals surface area contributed by atoms with Crippen LogP contribution in [0, 0.1) is 41.5 Å². The summed E-state index contributed by atoms with van der Waals surface area (Å²) in [5, 5.41) is 32.3. The molecular weight excluding hydrogens is 1150 g/mol. The van der Waals surface area contributed by atoms with E-state index in [4.69, 9.17) is 0 Å². The lowest BCUT2D eigenvalue weighted by Crippen LogP contribution is -2.11. The molecule has 10 rings (SSSR count). The van der Waals surface area contributed by atoms with E-state index in [-0.39, 0.29) is 27.1 Å². The van der Waals surface area contributed by atoms with Gasteiger partial charge in [-0.1, -0.05) is 182 Å². The lowest BCUT2D eigenvalue weighted by Gasteiger charge is -2.14. The van der Waals surface area contributed by atoms with Gasteiger partial charge in [-0.3, -0.25) is 0 Å². The van der Waals surface area contributed by atoms with E-state index in [0.717, 1.165) is 82.6 Å². The van der Waals surface area contributed by atoms with Crippen LogP contribution in [-0.4, -0.2) is 24.9 Å². The summed E-state index contributed by atoms with van der Waals surface area (Å²) < 4.78 is 0. The summed E-state index contributed by atoms with van der Waals surface area (Å²) in [7, 11) is 0. The third kappa shape index (κ3) is 21.6. The topological polar surface area (TPSA) is 125 Å². The zero-order valence-corrected chi connectivity index (χ0v) is 58.7. The molecule has 0 radical (unpaired) electrons. The highest BCUT2D eigenvalue weighted by molar-refractivity contribution is 7.15. The summed E-state index contributed by atoms with van der Waals surface area (Å²) in [4.78, 5) is 23.1. The molecule has 10 nitrogen and oxygen atoms in total. The minimum Gasteiger partial charge on any atom is -0.332 e. The first kappa shape index (κ1) is 68.4. The highest BCUT2D eigenvalue weighted by Gasteiger charge is 2.22. The summed E-state index contributed by atoms with van der Waals surface area (Å²) in [5.74, 6) is 0. The number of anilines is 10. The molecule has 0 saturated carbocycles. The number of rotatable bonds is 10. The van der Waals surface area contributed by atoms with Gasteiger partial charge in [0.15, 0.2) is 25.7 Å². The van der Waals surface area contributed by atoms with Crippen LogP contribution in [-0.2, 0) is 27.1 Å². The van der Waals surface area contributed by atoms with E-state index in [2.05, 4.69) is 297 Å². The SMILES string of the molecule is CC(C)(C)c1csc(Nc2ccccc2)n1.Cc1ccc(Nc2nc(C(C)(C)C)cs2)c(C)c1.Cc1cccc(Nc2nc(C(C)(C)C)cs2)c1.Cc1cccc(Nc2nc(C(C)(C)C)cs2)c1C.Cc1ccccc1Nc1nc(C(C)(C)C)cs1. The van der Waals surface area contributed by atoms with Crippen LogP contribution in [0.5, 0.6) is 0 Å². The Morgan fingerprint density at radius 2 is 0.605 bits per heavy atom. The molecule has 15 heteroatoms. The first-order valence-corrected chi connectivity index (χ1v) is 33.6. The van der Waals surface area contributed by atoms with Crippen molar-refractivity contribution in [2.75, 3.05) is 26.6 Å². The summed E-state index contributed by atoms with van der Waals surface area (Å²) in [6.07, 6.45) is 0. The van der Waals surface area contributed by atoms with Gasteiger partial charge in [0.2, 0.25) is 0 Å². The molecule has 86 heavy (non-hydrogen) atoms. The summed E-state index contributed by atoms with van der Waals surface area (Å²) in [6.45, 7) is 45.4. The van der Waals surface area contributed by atoms with Gasteiger partial charge in [0.25, 0.3) is 0 Å². The molecular formula is C71H92N10S5. The predicted octanol–water partition coefficient (Wildman–Crippen LogP) is 22.8. The number of aromatic nitrogens is 5. The fourth-order valence-electron chi connectivity index (χ4n) is 7.77. The molecule has 0 unspecified atom stereocenters. The Morgan fingerprint density at radius 3 is 1.00 bits per heavy atom. The monoisotopic (exact) mass is 1240 g/mol.